The molecule has 1 atom stereocenters. The summed E-state index contributed by atoms with van der Waals surface area (Å²) in [5.74, 6) is -1.59. The summed E-state index contributed by atoms with van der Waals surface area (Å²) in [7, 11) is 0. The zero-order valence-electron chi connectivity index (χ0n) is 11.2. The molecule has 1 fully saturated rings. The van der Waals surface area contributed by atoms with Crippen LogP contribution in [0.2, 0.25) is 0 Å². The van der Waals surface area contributed by atoms with E-state index in [2.05, 4.69) is 5.32 Å². The number of carbonyl (C=O) groups is 2. The molecule has 1 unspecified atom stereocenters. The van der Waals surface area contributed by atoms with E-state index in [0.717, 1.165) is 5.56 Å². The van der Waals surface area contributed by atoms with Gasteiger partial charge in [-0.1, -0.05) is 12.1 Å². The molecule has 2 N–H and O–H groups in total. The molecule has 1 saturated heterocycles. The van der Waals surface area contributed by atoms with Crippen LogP contribution in [-0.4, -0.2) is 35.7 Å². The molecule has 0 bridgehead atoms. The van der Waals surface area contributed by atoms with Crippen molar-refractivity contribution in [2.45, 2.75) is 12.0 Å². The molecule has 0 spiro atoms. The van der Waals surface area contributed by atoms with E-state index >= 15 is 0 Å². The molecular formula is C15H14N2O4. The Balaban J connectivity index is 2.02. The second kappa shape index (κ2) is 6.20. The SMILES string of the molecule is N#Cc1ccc(C=CC(=O)NC2(C(=O)O)CCOC2)cc1. The number of carboxylic acid groups (broad SMARTS) is 1. The predicted octanol–water partition coefficient (Wildman–Crippen LogP) is 0.931. The Hall–Kier alpha value is -2.65. The van der Waals surface area contributed by atoms with E-state index in [0.29, 0.717) is 12.2 Å². The maximum atomic E-state index is 11.8. The van der Waals surface area contributed by atoms with Gasteiger partial charge in [-0.05, 0) is 23.8 Å². The zero-order chi connectivity index (χ0) is 15.3. The van der Waals surface area contributed by atoms with Crippen LogP contribution in [-0.2, 0) is 14.3 Å². The monoisotopic (exact) mass is 286 g/mol. The van der Waals surface area contributed by atoms with Crippen LogP contribution in [0.4, 0.5) is 0 Å². The predicted molar refractivity (Wildman–Crippen MR) is 74.1 cm³/mol. The Morgan fingerprint density at radius 3 is 2.62 bits per heavy atom. The van der Waals surface area contributed by atoms with Crippen LogP contribution in [0, 0.1) is 11.3 Å². The number of nitriles is 1. The van der Waals surface area contributed by atoms with Crippen molar-refractivity contribution in [1.29, 1.82) is 5.26 Å². The van der Waals surface area contributed by atoms with Crippen LogP contribution < -0.4 is 5.32 Å². The average molecular weight is 286 g/mol. The molecule has 1 aromatic carbocycles. The second-order valence-corrected chi connectivity index (χ2v) is 4.75. The fourth-order valence-electron chi connectivity index (χ4n) is 2.00. The van der Waals surface area contributed by atoms with Gasteiger partial charge < -0.3 is 15.2 Å². The van der Waals surface area contributed by atoms with Gasteiger partial charge in [-0.15, -0.1) is 0 Å². The van der Waals surface area contributed by atoms with E-state index in [9.17, 15) is 14.7 Å². The Morgan fingerprint density at radius 1 is 1.38 bits per heavy atom. The first-order valence-corrected chi connectivity index (χ1v) is 6.37. The number of hydrogen-bond acceptors (Lipinski definition) is 4. The summed E-state index contributed by atoms with van der Waals surface area (Å²) in [6, 6.07) is 8.69. The highest BCUT2D eigenvalue weighted by atomic mass is 16.5. The lowest BCUT2D eigenvalue weighted by atomic mass is 9.99. The van der Waals surface area contributed by atoms with E-state index in [1.165, 1.54) is 6.08 Å². The van der Waals surface area contributed by atoms with Crippen LogP contribution in [0.5, 0.6) is 0 Å². The standard InChI is InChI=1S/C15H14N2O4/c16-9-12-3-1-11(2-4-12)5-6-13(18)17-15(14(19)20)7-8-21-10-15/h1-6H,7-8,10H2,(H,17,18)(H,19,20). The van der Waals surface area contributed by atoms with Crippen molar-refractivity contribution >= 4 is 18.0 Å². The number of carboxylic acids is 1. The van der Waals surface area contributed by atoms with Gasteiger partial charge in [0.15, 0.2) is 5.54 Å². The number of rotatable bonds is 4. The third kappa shape index (κ3) is 3.46. The Kier molecular flexibility index (Phi) is 4.36. The molecule has 108 valence electrons. The number of nitrogens with zero attached hydrogens (tertiary/aromatic N) is 1. The van der Waals surface area contributed by atoms with Crippen molar-refractivity contribution in [3.8, 4) is 6.07 Å². The van der Waals surface area contributed by atoms with Crippen molar-refractivity contribution in [3.05, 3.63) is 41.5 Å². The van der Waals surface area contributed by atoms with Gasteiger partial charge in [-0.3, -0.25) is 4.79 Å². The molecule has 0 aromatic heterocycles. The Labute approximate surface area is 121 Å². The summed E-state index contributed by atoms with van der Waals surface area (Å²) in [6.45, 7) is 0.282. The smallest absolute Gasteiger partial charge is 0.331 e. The van der Waals surface area contributed by atoms with Crippen LogP contribution >= 0.6 is 0 Å². The summed E-state index contributed by atoms with van der Waals surface area (Å²) in [5, 5.41) is 20.4. The normalized spacial score (nSPS) is 21.1. The highest BCUT2D eigenvalue weighted by Gasteiger charge is 2.43. The van der Waals surface area contributed by atoms with Crippen molar-refractivity contribution in [3.63, 3.8) is 0 Å². The maximum absolute atomic E-state index is 11.8. The highest BCUT2D eigenvalue weighted by Crippen LogP contribution is 2.19. The molecule has 1 aliphatic heterocycles. The lowest BCUT2D eigenvalue weighted by Crippen LogP contribution is -2.54. The van der Waals surface area contributed by atoms with Crippen molar-refractivity contribution in [2.24, 2.45) is 0 Å². The number of hydrogen-bond donors (Lipinski definition) is 2. The van der Waals surface area contributed by atoms with Crippen molar-refractivity contribution in [1.82, 2.24) is 5.32 Å². The lowest BCUT2D eigenvalue weighted by Gasteiger charge is -2.22. The minimum absolute atomic E-state index is 0.0290. The second-order valence-electron chi connectivity index (χ2n) is 4.75. The molecule has 1 heterocycles. The molecule has 6 nitrogen and oxygen atoms in total. The number of carbonyl (C=O) groups excluding carboxylic acids is 1. The van der Waals surface area contributed by atoms with Gasteiger partial charge >= 0.3 is 5.97 Å². The summed E-state index contributed by atoms with van der Waals surface area (Å²) in [6.07, 6.45) is 3.07. The number of aliphatic carboxylic acids is 1. The van der Waals surface area contributed by atoms with Crippen LogP contribution in [0.3, 0.4) is 0 Å². The van der Waals surface area contributed by atoms with Gasteiger partial charge in [-0.25, -0.2) is 4.79 Å². The number of ether oxygens (including phenoxy) is 1. The molecule has 1 amide bonds. The molecular weight excluding hydrogens is 272 g/mol. The van der Waals surface area contributed by atoms with E-state index in [1.807, 2.05) is 6.07 Å². The topological polar surface area (TPSA) is 99.4 Å². The zero-order valence-corrected chi connectivity index (χ0v) is 11.2. The number of amides is 1. The largest absolute Gasteiger partial charge is 0.479 e. The fraction of sp³-hybridized carbons (Fsp3) is 0.267. The van der Waals surface area contributed by atoms with Gasteiger partial charge in [0.1, 0.15) is 0 Å². The average Bonchev–Trinajstić information content (AvgIpc) is 2.95. The summed E-state index contributed by atoms with van der Waals surface area (Å²) in [5.41, 5.74) is -0.0627. The number of nitrogens with one attached hydrogen (secondary N) is 1. The molecule has 2 rings (SSSR count). The van der Waals surface area contributed by atoms with E-state index in [4.69, 9.17) is 10.00 Å². The molecule has 0 saturated carbocycles. The van der Waals surface area contributed by atoms with Gasteiger partial charge in [-0.2, -0.15) is 5.26 Å². The Bertz CT molecular complexity index is 608. The van der Waals surface area contributed by atoms with Gasteiger partial charge in [0, 0.05) is 19.1 Å². The third-order valence-corrected chi connectivity index (χ3v) is 3.26. The van der Waals surface area contributed by atoms with Crippen molar-refractivity contribution < 1.29 is 19.4 Å². The first-order valence-electron chi connectivity index (χ1n) is 6.37. The van der Waals surface area contributed by atoms with Crippen molar-refractivity contribution in [2.75, 3.05) is 13.2 Å². The summed E-state index contributed by atoms with van der Waals surface area (Å²) >= 11 is 0. The summed E-state index contributed by atoms with van der Waals surface area (Å²) < 4.78 is 5.06. The maximum Gasteiger partial charge on any atom is 0.331 e. The first kappa shape index (κ1) is 14.8. The lowest BCUT2D eigenvalue weighted by molar-refractivity contribution is -0.147. The van der Waals surface area contributed by atoms with Gasteiger partial charge in [0.05, 0.1) is 18.2 Å². The van der Waals surface area contributed by atoms with E-state index in [1.54, 1.807) is 30.3 Å². The van der Waals surface area contributed by atoms with Gasteiger partial charge in [0.2, 0.25) is 5.91 Å². The van der Waals surface area contributed by atoms with Crippen LogP contribution in [0.25, 0.3) is 6.08 Å². The van der Waals surface area contributed by atoms with Crippen LogP contribution in [0.15, 0.2) is 30.3 Å². The van der Waals surface area contributed by atoms with Gasteiger partial charge in [0.25, 0.3) is 0 Å². The molecule has 21 heavy (non-hydrogen) atoms. The highest BCUT2D eigenvalue weighted by molar-refractivity contribution is 5.96. The number of benzene rings is 1. The fourth-order valence-corrected chi connectivity index (χ4v) is 2.00. The molecule has 6 heteroatoms. The molecule has 1 aromatic rings. The third-order valence-electron chi connectivity index (χ3n) is 3.26. The first-order chi connectivity index (χ1) is 10.1. The molecule has 0 aliphatic carbocycles. The van der Waals surface area contributed by atoms with E-state index < -0.39 is 17.4 Å². The minimum Gasteiger partial charge on any atom is -0.479 e. The van der Waals surface area contributed by atoms with E-state index in [-0.39, 0.29) is 13.0 Å². The minimum atomic E-state index is -1.34. The molecule has 0 radical (unpaired) electrons. The quantitative estimate of drug-likeness (QED) is 0.802. The summed E-state index contributed by atoms with van der Waals surface area (Å²) in [4.78, 5) is 23.1. The molecule has 1 aliphatic rings. The Morgan fingerprint density at radius 2 is 2.10 bits per heavy atom. The van der Waals surface area contributed by atoms with Crippen LogP contribution in [0.1, 0.15) is 17.5 Å².